The summed E-state index contributed by atoms with van der Waals surface area (Å²) in [5, 5.41) is 17.1. The molecule has 0 aliphatic carbocycles. The van der Waals surface area contributed by atoms with E-state index < -0.39 is 5.91 Å². The SMILES string of the molecule is CCN1N=C(c2ccc(Nc3nc(N4CCCCCC4)nc(C=N)c3C(N)=O)cc2)NN1. The van der Waals surface area contributed by atoms with Crippen molar-refractivity contribution in [1.82, 2.24) is 26.0 Å². The fraction of sp³-hybridized carbons (Fsp3) is 0.381. The first-order valence-corrected chi connectivity index (χ1v) is 10.8. The molecule has 0 unspecified atom stereocenters. The van der Waals surface area contributed by atoms with Crippen molar-refractivity contribution < 1.29 is 4.79 Å². The van der Waals surface area contributed by atoms with Gasteiger partial charge in [-0.05, 0) is 44.0 Å². The molecular weight excluding hydrogens is 408 g/mol. The number of hydrazine groups is 2. The highest BCUT2D eigenvalue weighted by Gasteiger charge is 2.22. The monoisotopic (exact) mass is 436 g/mol. The van der Waals surface area contributed by atoms with E-state index in [0.717, 1.165) is 49.9 Å². The summed E-state index contributed by atoms with van der Waals surface area (Å²) in [5.74, 6) is 0.839. The number of amidine groups is 1. The Hall–Kier alpha value is -3.73. The molecule has 2 aliphatic rings. The predicted octanol–water partition coefficient (Wildman–Crippen LogP) is 1.70. The molecule has 0 bridgehead atoms. The Labute approximate surface area is 186 Å². The second kappa shape index (κ2) is 9.60. The van der Waals surface area contributed by atoms with Crippen molar-refractivity contribution in [3.8, 4) is 0 Å². The number of amides is 1. The Kier molecular flexibility index (Phi) is 6.45. The first-order valence-electron chi connectivity index (χ1n) is 10.8. The maximum absolute atomic E-state index is 12.2. The van der Waals surface area contributed by atoms with E-state index in [4.69, 9.17) is 11.1 Å². The number of hydrazone groups is 1. The highest BCUT2D eigenvalue weighted by molar-refractivity contribution is 6.05. The molecule has 1 aromatic carbocycles. The third-order valence-corrected chi connectivity index (χ3v) is 5.44. The lowest BCUT2D eigenvalue weighted by Gasteiger charge is -2.22. The van der Waals surface area contributed by atoms with Crippen LogP contribution in [0.25, 0.3) is 0 Å². The molecular formula is C21H28N10O. The van der Waals surface area contributed by atoms with Crippen LogP contribution in [0.2, 0.25) is 0 Å². The van der Waals surface area contributed by atoms with Gasteiger partial charge in [0.1, 0.15) is 17.1 Å². The van der Waals surface area contributed by atoms with Crippen LogP contribution in [0, 0.1) is 5.41 Å². The van der Waals surface area contributed by atoms with E-state index in [9.17, 15) is 4.79 Å². The van der Waals surface area contributed by atoms with Gasteiger partial charge < -0.3 is 21.4 Å². The normalized spacial score (nSPS) is 16.2. The lowest BCUT2D eigenvalue weighted by atomic mass is 10.1. The van der Waals surface area contributed by atoms with Crippen molar-refractivity contribution >= 4 is 35.4 Å². The van der Waals surface area contributed by atoms with Crippen LogP contribution in [0.15, 0.2) is 29.4 Å². The number of carbonyl (C=O) groups excluding carboxylic acids is 1. The van der Waals surface area contributed by atoms with E-state index in [2.05, 4.69) is 36.2 Å². The van der Waals surface area contributed by atoms with Gasteiger partial charge in [-0.3, -0.25) is 10.2 Å². The number of rotatable bonds is 7. The van der Waals surface area contributed by atoms with Crippen molar-refractivity contribution in [2.24, 2.45) is 10.8 Å². The summed E-state index contributed by atoms with van der Waals surface area (Å²) in [6.45, 7) is 4.42. The zero-order valence-corrected chi connectivity index (χ0v) is 18.1. The summed E-state index contributed by atoms with van der Waals surface area (Å²) in [4.78, 5) is 23.4. The maximum atomic E-state index is 12.2. The molecule has 11 nitrogen and oxygen atoms in total. The number of nitrogens with one attached hydrogen (secondary N) is 4. The minimum Gasteiger partial charge on any atom is -0.365 e. The molecule has 6 N–H and O–H groups in total. The van der Waals surface area contributed by atoms with Gasteiger partial charge in [-0.2, -0.15) is 4.98 Å². The fourth-order valence-electron chi connectivity index (χ4n) is 3.73. The van der Waals surface area contributed by atoms with Crippen molar-refractivity contribution in [3.63, 3.8) is 0 Å². The van der Waals surface area contributed by atoms with E-state index in [-0.39, 0.29) is 11.3 Å². The number of primary amides is 1. The van der Waals surface area contributed by atoms with Crippen molar-refractivity contribution in [2.75, 3.05) is 29.9 Å². The van der Waals surface area contributed by atoms with Crippen LogP contribution in [-0.2, 0) is 0 Å². The van der Waals surface area contributed by atoms with Gasteiger partial charge in [0.2, 0.25) is 5.95 Å². The molecule has 0 radical (unpaired) electrons. The number of carbonyl (C=O) groups is 1. The highest BCUT2D eigenvalue weighted by atomic mass is 16.1. The molecule has 1 aromatic heterocycles. The van der Waals surface area contributed by atoms with Gasteiger partial charge >= 0.3 is 0 Å². The maximum Gasteiger partial charge on any atom is 0.254 e. The molecule has 2 aliphatic heterocycles. The van der Waals surface area contributed by atoms with E-state index in [1.807, 2.05) is 31.2 Å². The first-order chi connectivity index (χ1) is 15.6. The average Bonchev–Trinajstić information content (AvgIpc) is 3.12. The third-order valence-electron chi connectivity index (χ3n) is 5.44. The molecule has 0 atom stereocenters. The summed E-state index contributed by atoms with van der Waals surface area (Å²) in [5.41, 5.74) is 13.5. The van der Waals surface area contributed by atoms with Gasteiger partial charge in [0, 0.05) is 30.6 Å². The summed E-state index contributed by atoms with van der Waals surface area (Å²) in [6.07, 6.45) is 5.53. The molecule has 0 saturated carbocycles. The van der Waals surface area contributed by atoms with Gasteiger partial charge in [0.25, 0.3) is 5.91 Å². The van der Waals surface area contributed by atoms with Gasteiger partial charge in [0.05, 0.1) is 6.54 Å². The van der Waals surface area contributed by atoms with Crippen LogP contribution in [0.1, 0.15) is 54.2 Å². The van der Waals surface area contributed by atoms with Crippen molar-refractivity contribution in [3.05, 3.63) is 41.1 Å². The lowest BCUT2D eigenvalue weighted by molar-refractivity contribution is 0.100. The van der Waals surface area contributed by atoms with Crippen LogP contribution < -0.4 is 26.9 Å². The summed E-state index contributed by atoms with van der Waals surface area (Å²) < 4.78 is 0. The van der Waals surface area contributed by atoms with Gasteiger partial charge in [-0.25, -0.2) is 10.1 Å². The van der Waals surface area contributed by atoms with Crippen LogP contribution >= 0.6 is 0 Å². The number of hydrogen-bond donors (Lipinski definition) is 5. The topological polar surface area (TPSA) is 148 Å². The highest BCUT2D eigenvalue weighted by Crippen LogP contribution is 2.25. The van der Waals surface area contributed by atoms with E-state index in [1.165, 1.54) is 12.8 Å². The Bertz CT molecular complexity index is 1010. The molecule has 11 heteroatoms. The average molecular weight is 437 g/mol. The Morgan fingerprint density at radius 3 is 2.50 bits per heavy atom. The smallest absolute Gasteiger partial charge is 0.254 e. The van der Waals surface area contributed by atoms with E-state index >= 15 is 0 Å². The second-order valence-electron chi connectivity index (χ2n) is 7.65. The molecule has 1 fully saturated rings. The molecule has 1 amide bonds. The minimum absolute atomic E-state index is 0.104. The van der Waals surface area contributed by atoms with Crippen LogP contribution in [0.4, 0.5) is 17.5 Å². The van der Waals surface area contributed by atoms with Gasteiger partial charge in [-0.15, -0.1) is 10.6 Å². The van der Waals surface area contributed by atoms with Crippen molar-refractivity contribution in [2.45, 2.75) is 32.6 Å². The minimum atomic E-state index is -0.680. The largest absolute Gasteiger partial charge is 0.365 e. The fourth-order valence-corrected chi connectivity index (χ4v) is 3.73. The summed E-state index contributed by atoms with van der Waals surface area (Å²) in [6, 6.07) is 7.56. The number of nitrogens with zero attached hydrogens (tertiary/aromatic N) is 5. The predicted molar refractivity (Wildman–Crippen MR) is 124 cm³/mol. The molecule has 32 heavy (non-hydrogen) atoms. The molecule has 0 spiro atoms. The van der Waals surface area contributed by atoms with Crippen LogP contribution in [0.5, 0.6) is 0 Å². The standard InChI is InChI=1S/C21H28N10O/c1-2-31-28-19(27-29-31)14-7-9-15(10-8-14)24-20-17(18(23)32)16(13-22)25-21(26-20)30-11-5-3-4-6-12-30/h7-10,13,22,29H,2-6,11-12H2,1H3,(H2,23,32)(H,27,28)(H,24,25,26). The van der Waals surface area contributed by atoms with E-state index in [1.54, 1.807) is 5.12 Å². The third kappa shape index (κ3) is 4.62. The Morgan fingerprint density at radius 2 is 1.91 bits per heavy atom. The van der Waals surface area contributed by atoms with Gasteiger partial charge in [0.15, 0.2) is 5.84 Å². The second-order valence-corrected chi connectivity index (χ2v) is 7.65. The number of nitrogens with two attached hydrogens (primary N) is 1. The Balaban J connectivity index is 1.63. The molecule has 2 aromatic rings. The summed E-state index contributed by atoms with van der Waals surface area (Å²) in [7, 11) is 0. The molecule has 4 rings (SSSR count). The molecule has 3 heterocycles. The zero-order chi connectivity index (χ0) is 22.5. The zero-order valence-electron chi connectivity index (χ0n) is 18.1. The van der Waals surface area contributed by atoms with Crippen LogP contribution in [-0.4, -0.2) is 52.7 Å². The lowest BCUT2D eigenvalue weighted by Crippen LogP contribution is -2.38. The number of benzene rings is 1. The number of anilines is 3. The number of hydrogen-bond acceptors (Lipinski definition) is 10. The quantitative estimate of drug-likeness (QED) is 0.412. The van der Waals surface area contributed by atoms with Crippen LogP contribution in [0.3, 0.4) is 0 Å². The first kappa shape index (κ1) is 21.5. The Morgan fingerprint density at radius 1 is 1.19 bits per heavy atom. The van der Waals surface area contributed by atoms with Gasteiger partial charge in [-0.1, -0.05) is 12.8 Å². The number of aromatic nitrogens is 2. The van der Waals surface area contributed by atoms with E-state index in [0.29, 0.717) is 17.6 Å². The summed E-state index contributed by atoms with van der Waals surface area (Å²) >= 11 is 0. The molecule has 1 saturated heterocycles. The molecule has 168 valence electrons. The van der Waals surface area contributed by atoms with Crippen molar-refractivity contribution in [1.29, 1.82) is 5.41 Å².